The molecule has 0 radical (unpaired) electrons. The molecule has 0 fully saturated rings. The second kappa shape index (κ2) is 5.70. The highest BCUT2D eigenvalue weighted by atomic mass is 16.6. The van der Waals surface area contributed by atoms with Crippen molar-refractivity contribution in [1.82, 2.24) is 9.13 Å². The molecule has 0 spiro atoms. The van der Waals surface area contributed by atoms with Gasteiger partial charge < -0.3 is 13.9 Å². The number of ether oxygens (including phenoxy) is 1. The molecule has 4 aromatic rings. The van der Waals surface area contributed by atoms with Crippen LogP contribution in [0.2, 0.25) is 0 Å². The molecule has 0 unspecified atom stereocenters. The highest BCUT2D eigenvalue weighted by Crippen LogP contribution is 2.41. The van der Waals surface area contributed by atoms with E-state index in [0.717, 1.165) is 52.3 Å². The molecule has 0 aliphatic carbocycles. The second-order valence-electron chi connectivity index (χ2n) is 7.75. The Hall–Kier alpha value is -3.60. The van der Waals surface area contributed by atoms with Gasteiger partial charge in [-0.05, 0) is 24.5 Å². The molecule has 2 aliphatic rings. The maximum atomic E-state index is 12.8. The molecule has 2 aromatic carbocycles. The Balaban J connectivity index is 1.70. The second-order valence-corrected chi connectivity index (χ2v) is 7.75. The first-order chi connectivity index (χ1) is 14.1. The molecule has 0 bridgehead atoms. The third-order valence-electron chi connectivity index (χ3n) is 6.11. The van der Waals surface area contributed by atoms with E-state index in [1.165, 1.54) is 5.56 Å². The van der Waals surface area contributed by atoms with Crippen molar-refractivity contribution >= 4 is 44.9 Å². The zero-order chi connectivity index (χ0) is 19.7. The minimum atomic E-state index is -0.576. The van der Waals surface area contributed by atoms with E-state index in [-0.39, 0.29) is 0 Å². The van der Waals surface area contributed by atoms with Crippen LogP contribution in [-0.4, -0.2) is 21.1 Å². The highest BCUT2D eigenvalue weighted by Gasteiger charge is 2.38. The summed E-state index contributed by atoms with van der Waals surface area (Å²) >= 11 is 0. The average molecular weight is 382 g/mol. The van der Waals surface area contributed by atoms with Crippen molar-refractivity contribution in [3.8, 4) is 0 Å². The topological polar surface area (TPSA) is 53.2 Å². The van der Waals surface area contributed by atoms with Gasteiger partial charge in [0, 0.05) is 53.4 Å². The Morgan fingerprint density at radius 2 is 1.59 bits per heavy atom. The molecular weight excluding hydrogens is 364 g/mol. The molecule has 0 saturated carbocycles. The van der Waals surface area contributed by atoms with Gasteiger partial charge in [-0.2, -0.15) is 0 Å². The van der Waals surface area contributed by atoms with Gasteiger partial charge in [-0.1, -0.05) is 36.4 Å². The van der Waals surface area contributed by atoms with Crippen molar-refractivity contribution in [3.63, 3.8) is 0 Å². The quantitative estimate of drug-likeness (QED) is 0.388. The first-order valence-electron chi connectivity index (χ1n) is 9.80. The number of para-hydroxylation sites is 2. The predicted octanol–water partition coefficient (Wildman–Crippen LogP) is 4.07. The van der Waals surface area contributed by atoms with E-state index in [1.807, 2.05) is 60.4 Å². The molecule has 5 nitrogen and oxygen atoms in total. The number of aryl methyl sites for hydroxylation is 3. The van der Waals surface area contributed by atoms with Gasteiger partial charge in [-0.15, -0.1) is 0 Å². The molecule has 2 aromatic heterocycles. The molecule has 4 heterocycles. The van der Waals surface area contributed by atoms with Gasteiger partial charge in [0.1, 0.15) is 0 Å². The van der Waals surface area contributed by atoms with E-state index in [1.54, 1.807) is 0 Å². The number of hydrogen-bond donors (Lipinski definition) is 0. The molecule has 0 saturated heterocycles. The van der Waals surface area contributed by atoms with Crippen molar-refractivity contribution in [2.45, 2.75) is 19.4 Å². The van der Waals surface area contributed by atoms with E-state index >= 15 is 0 Å². The summed E-state index contributed by atoms with van der Waals surface area (Å²) in [4.78, 5) is 25.6. The zero-order valence-electron chi connectivity index (χ0n) is 15.9. The minimum absolute atomic E-state index is 0.357. The number of carbonyl (C=O) groups is 2. The van der Waals surface area contributed by atoms with Crippen molar-refractivity contribution in [1.29, 1.82) is 0 Å². The van der Waals surface area contributed by atoms with Crippen molar-refractivity contribution < 1.29 is 14.3 Å². The summed E-state index contributed by atoms with van der Waals surface area (Å²) in [6, 6.07) is 14.1. The first kappa shape index (κ1) is 16.4. The van der Waals surface area contributed by atoms with Crippen molar-refractivity contribution in [3.05, 3.63) is 71.5 Å². The smallest absolute Gasteiger partial charge is 0.347 e. The lowest BCUT2D eigenvalue weighted by atomic mass is 9.94. The van der Waals surface area contributed by atoms with E-state index in [2.05, 4.69) is 10.6 Å². The van der Waals surface area contributed by atoms with Crippen LogP contribution in [0.15, 0.2) is 54.9 Å². The van der Waals surface area contributed by atoms with Gasteiger partial charge in [0.25, 0.3) is 0 Å². The number of rotatable bonds is 2. The van der Waals surface area contributed by atoms with E-state index in [9.17, 15) is 9.59 Å². The van der Waals surface area contributed by atoms with Crippen LogP contribution in [0.3, 0.4) is 0 Å². The summed E-state index contributed by atoms with van der Waals surface area (Å²) in [7, 11) is 1.94. The van der Waals surface area contributed by atoms with Crippen LogP contribution in [0.5, 0.6) is 0 Å². The summed E-state index contributed by atoms with van der Waals surface area (Å²) in [5, 5.41) is 1.93. The monoisotopic (exact) mass is 382 g/mol. The van der Waals surface area contributed by atoms with Crippen LogP contribution in [-0.2, 0) is 34.3 Å². The van der Waals surface area contributed by atoms with Crippen LogP contribution < -0.4 is 0 Å². The number of aromatic nitrogens is 2. The number of nitrogens with zero attached hydrogens (tertiary/aromatic N) is 2. The minimum Gasteiger partial charge on any atom is -0.386 e. The standard InChI is InChI=1S/C24H18N2O3/c1-25-12-17(15-8-2-3-10-19(15)25)20-21(24(28)29-23(20)27)18-13-26-11-5-7-14-6-4-9-16(18)22(14)26/h2-4,6,8-10,12-13H,5,7,11H2,1H3. The van der Waals surface area contributed by atoms with Gasteiger partial charge in [-0.3, -0.25) is 0 Å². The summed E-state index contributed by atoms with van der Waals surface area (Å²) in [5.74, 6) is -1.14. The highest BCUT2D eigenvalue weighted by molar-refractivity contribution is 6.46. The van der Waals surface area contributed by atoms with Crippen molar-refractivity contribution in [2.24, 2.45) is 7.05 Å². The van der Waals surface area contributed by atoms with E-state index in [4.69, 9.17) is 4.74 Å². The van der Waals surface area contributed by atoms with Crippen LogP contribution in [0.25, 0.3) is 33.0 Å². The Morgan fingerprint density at radius 1 is 0.862 bits per heavy atom. The number of cyclic esters (lactones) is 2. The Bertz CT molecular complexity index is 1400. The van der Waals surface area contributed by atoms with E-state index in [0.29, 0.717) is 11.1 Å². The maximum absolute atomic E-state index is 12.8. The molecule has 0 atom stereocenters. The van der Waals surface area contributed by atoms with Crippen molar-refractivity contribution in [2.75, 3.05) is 0 Å². The van der Waals surface area contributed by atoms with Gasteiger partial charge in [-0.25, -0.2) is 9.59 Å². The van der Waals surface area contributed by atoms with Crippen LogP contribution in [0.4, 0.5) is 0 Å². The molecule has 6 rings (SSSR count). The fourth-order valence-corrected chi connectivity index (χ4v) is 4.88. The SMILES string of the molecule is Cn1cc(C2=C(c3cn4c5c(cccc35)CCC4)C(=O)OC2=O)c2ccccc21. The Morgan fingerprint density at radius 3 is 2.41 bits per heavy atom. The van der Waals surface area contributed by atoms with Gasteiger partial charge in [0.05, 0.1) is 16.7 Å². The zero-order valence-corrected chi connectivity index (χ0v) is 15.9. The van der Waals surface area contributed by atoms with Gasteiger partial charge in [0.15, 0.2) is 0 Å². The Labute approximate surface area is 166 Å². The largest absolute Gasteiger partial charge is 0.386 e. The molecule has 0 amide bonds. The molecule has 29 heavy (non-hydrogen) atoms. The lowest BCUT2D eigenvalue weighted by molar-refractivity contribution is -0.149. The maximum Gasteiger partial charge on any atom is 0.347 e. The van der Waals surface area contributed by atoms with Gasteiger partial charge >= 0.3 is 11.9 Å². The average Bonchev–Trinajstić information content (AvgIpc) is 3.35. The first-order valence-corrected chi connectivity index (χ1v) is 9.80. The van der Waals surface area contributed by atoms with Crippen LogP contribution >= 0.6 is 0 Å². The fraction of sp³-hybridized carbons (Fsp3) is 0.167. The molecule has 2 aliphatic heterocycles. The number of carbonyl (C=O) groups excluding carboxylic acids is 2. The van der Waals surface area contributed by atoms with Crippen LogP contribution in [0, 0.1) is 0 Å². The third-order valence-corrected chi connectivity index (χ3v) is 6.11. The number of esters is 2. The summed E-state index contributed by atoms with van der Waals surface area (Å²) in [6.07, 6.45) is 6.01. The number of hydrogen-bond acceptors (Lipinski definition) is 3. The van der Waals surface area contributed by atoms with E-state index < -0.39 is 11.9 Å². The third kappa shape index (κ3) is 2.15. The summed E-state index contributed by atoms with van der Waals surface area (Å²) in [5.41, 5.74) is 5.69. The predicted molar refractivity (Wildman–Crippen MR) is 111 cm³/mol. The molecule has 5 heteroatoms. The van der Waals surface area contributed by atoms with Crippen LogP contribution in [0.1, 0.15) is 23.1 Å². The van der Waals surface area contributed by atoms with Gasteiger partial charge in [0.2, 0.25) is 0 Å². The summed E-state index contributed by atoms with van der Waals surface area (Å²) in [6.45, 7) is 0.910. The Kier molecular flexibility index (Phi) is 3.22. The molecule has 142 valence electrons. The molecular formula is C24H18N2O3. The molecule has 0 N–H and O–H groups in total. The number of benzene rings is 2. The summed E-state index contributed by atoms with van der Waals surface area (Å²) < 4.78 is 9.30. The lowest BCUT2D eigenvalue weighted by Crippen LogP contribution is -2.05. The normalized spacial score (nSPS) is 16.3. The fourth-order valence-electron chi connectivity index (χ4n) is 4.88. The number of fused-ring (bicyclic) bond motifs is 1. The lowest BCUT2D eigenvalue weighted by Gasteiger charge is -2.14.